The summed E-state index contributed by atoms with van der Waals surface area (Å²) in [5, 5.41) is 13.0. The van der Waals surface area contributed by atoms with E-state index in [1.165, 1.54) is 12.1 Å². The predicted molar refractivity (Wildman–Crippen MR) is 60.0 cm³/mol. The highest BCUT2D eigenvalue weighted by Crippen LogP contribution is 2.36. The highest BCUT2D eigenvalue weighted by molar-refractivity contribution is 6.35. The van der Waals surface area contributed by atoms with Crippen molar-refractivity contribution in [1.29, 1.82) is 0 Å². The number of carbonyl (C=O) groups is 1. The molecule has 1 atom stereocenters. The summed E-state index contributed by atoms with van der Waals surface area (Å²) < 4.78 is 4.73. The molecule has 2 N–H and O–H groups in total. The molecule has 1 aliphatic heterocycles. The van der Waals surface area contributed by atoms with Gasteiger partial charge in [-0.2, -0.15) is 0 Å². The number of nitrogens with one attached hydrogen (secondary N) is 1. The zero-order chi connectivity index (χ0) is 11.7. The van der Waals surface area contributed by atoms with E-state index in [1.54, 1.807) is 0 Å². The number of halogens is 2. The topological polar surface area (TPSA) is 58.6 Å². The van der Waals surface area contributed by atoms with E-state index >= 15 is 0 Å². The average Bonchev–Trinajstić information content (AvgIpc) is 2.15. The minimum Gasteiger partial charge on any atom is -0.507 e. The molecule has 0 aromatic heterocycles. The molecule has 86 valence electrons. The largest absolute Gasteiger partial charge is 0.507 e. The summed E-state index contributed by atoms with van der Waals surface area (Å²) in [6, 6.07) is 2.58. The third-order valence-corrected chi connectivity index (χ3v) is 2.88. The summed E-state index contributed by atoms with van der Waals surface area (Å²) in [6.07, 6.45) is 0.0439. The zero-order valence-electron chi connectivity index (χ0n) is 8.17. The number of alkyl carbamates (subject to hydrolysis) is 1. The van der Waals surface area contributed by atoms with Crippen LogP contribution in [0.2, 0.25) is 10.0 Å². The molecule has 1 aliphatic rings. The first-order chi connectivity index (χ1) is 7.58. The smallest absolute Gasteiger partial charge is 0.407 e. The van der Waals surface area contributed by atoms with Crippen LogP contribution in [0.1, 0.15) is 18.0 Å². The molecular formula is C10H9Cl2NO3. The lowest BCUT2D eigenvalue weighted by Crippen LogP contribution is -2.35. The van der Waals surface area contributed by atoms with Crippen molar-refractivity contribution in [1.82, 2.24) is 5.32 Å². The molecule has 0 spiro atoms. The molecule has 1 aromatic carbocycles. The number of ether oxygens (including phenoxy) is 1. The quantitative estimate of drug-likeness (QED) is 0.818. The fourth-order valence-corrected chi connectivity index (χ4v) is 2.27. The molecule has 1 saturated heterocycles. The number of hydrogen-bond acceptors (Lipinski definition) is 3. The molecule has 1 amide bonds. The second-order valence-corrected chi connectivity index (χ2v) is 4.29. The van der Waals surface area contributed by atoms with E-state index < -0.39 is 6.09 Å². The van der Waals surface area contributed by atoms with Crippen LogP contribution >= 0.6 is 23.2 Å². The first-order valence-electron chi connectivity index (χ1n) is 4.69. The molecule has 0 saturated carbocycles. The van der Waals surface area contributed by atoms with Crippen molar-refractivity contribution in [2.24, 2.45) is 0 Å². The number of rotatable bonds is 1. The summed E-state index contributed by atoms with van der Waals surface area (Å²) >= 11 is 11.7. The number of phenols is 1. The molecule has 0 unspecified atom stereocenters. The first kappa shape index (κ1) is 11.4. The Morgan fingerprint density at radius 1 is 1.44 bits per heavy atom. The Balaban J connectivity index is 2.35. The van der Waals surface area contributed by atoms with Gasteiger partial charge < -0.3 is 15.2 Å². The lowest BCUT2D eigenvalue weighted by Gasteiger charge is -2.25. The lowest BCUT2D eigenvalue weighted by molar-refractivity contribution is 0.115. The molecule has 2 rings (SSSR count). The van der Waals surface area contributed by atoms with Gasteiger partial charge in [0, 0.05) is 17.0 Å². The molecule has 0 bridgehead atoms. The van der Waals surface area contributed by atoms with E-state index in [0.717, 1.165) is 0 Å². The number of cyclic esters (lactones) is 1. The lowest BCUT2D eigenvalue weighted by atomic mass is 10.0. The fourth-order valence-electron chi connectivity index (χ4n) is 1.66. The molecule has 4 nitrogen and oxygen atoms in total. The zero-order valence-corrected chi connectivity index (χ0v) is 9.68. The highest BCUT2D eigenvalue weighted by Gasteiger charge is 2.25. The van der Waals surface area contributed by atoms with Crippen LogP contribution in [0.25, 0.3) is 0 Å². The minimum atomic E-state index is -0.512. The number of hydrogen-bond donors (Lipinski definition) is 2. The molecule has 1 fully saturated rings. The van der Waals surface area contributed by atoms with E-state index in [4.69, 9.17) is 27.9 Å². The number of phenolic OH excluding ortho intramolecular Hbond substituents is 1. The molecular weight excluding hydrogens is 253 g/mol. The first-order valence-corrected chi connectivity index (χ1v) is 5.44. The van der Waals surface area contributed by atoms with Crippen LogP contribution in [-0.4, -0.2) is 17.8 Å². The summed E-state index contributed by atoms with van der Waals surface area (Å²) in [7, 11) is 0. The normalized spacial score (nSPS) is 20.1. The SMILES string of the molecule is O=C1N[C@@H](c2c(O)cc(Cl)cc2Cl)CCO1. The van der Waals surface area contributed by atoms with Gasteiger partial charge in [0.05, 0.1) is 17.7 Å². The molecule has 16 heavy (non-hydrogen) atoms. The van der Waals surface area contributed by atoms with Crippen molar-refractivity contribution < 1.29 is 14.6 Å². The van der Waals surface area contributed by atoms with Crippen molar-refractivity contribution in [2.75, 3.05) is 6.61 Å². The third kappa shape index (κ3) is 2.18. The number of benzene rings is 1. The number of carbonyl (C=O) groups excluding carboxylic acids is 1. The Kier molecular flexibility index (Phi) is 3.12. The van der Waals surface area contributed by atoms with Gasteiger partial charge in [-0.05, 0) is 12.1 Å². The van der Waals surface area contributed by atoms with Gasteiger partial charge >= 0.3 is 6.09 Å². The van der Waals surface area contributed by atoms with E-state index in [-0.39, 0.29) is 11.8 Å². The van der Waals surface area contributed by atoms with E-state index in [0.29, 0.717) is 28.6 Å². The second kappa shape index (κ2) is 4.39. The Labute approximate surface area is 102 Å². The van der Waals surface area contributed by atoms with Crippen molar-refractivity contribution in [3.63, 3.8) is 0 Å². The van der Waals surface area contributed by atoms with Gasteiger partial charge in [0.2, 0.25) is 0 Å². The number of aromatic hydroxyl groups is 1. The van der Waals surface area contributed by atoms with E-state index in [2.05, 4.69) is 5.32 Å². The van der Waals surface area contributed by atoms with Crippen LogP contribution in [0, 0.1) is 0 Å². The highest BCUT2D eigenvalue weighted by atomic mass is 35.5. The van der Waals surface area contributed by atoms with Gasteiger partial charge in [-0.25, -0.2) is 4.79 Å². The molecule has 0 radical (unpaired) electrons. The van der Waals surface area contributed by atoms with Crippen LogP contribution in [-0.2, 0) is 4.74 Å². The maximum atomic E-state index is 11.1. The van der Waals surface area contributed by atoms with Crippen LogP contribution in [0.3, 0.4) is 0 Å². The van der Waals surface area contributed by atoms with Gasteiger partial charge in [-0.1, -0.05) is 23.2 Å². The predicted octanol–water partition coefficient (Wildman–Crippen LogP) is 2.87. The van der Waals surface area contributed by atoms with Crippen molar-refractivity contribution in [3.8, 4) is 5.75 Å². The minimum absolute atomic E-state index is 0.0234. The second-order valence-electron chi connectivity index (χ2n) is 3.44. The van der Waals surface area contributed by atoms with Gasteiger partial charge in [-0.15, -0.1) is 0 Å². The summed E-state index contributed by atoms with van der Waals surface area (Å²) in [4.78, 5) is 11.1. The van der Waals surface area contributed by atoms with Crippen molar-refractivity contribution >= 4 is 29.3 Å². The number of amides is 1. The maximum absolute atomic E-state index is 11.1. The van der Waals surface area contributed by atoms with Gasteiger partial charge in [-0.3, -0.25) is 0 Å². The van der Waals surface area contributed by atoms with Gasteiger partial charge in [0.1, 0.15) is 5.75 Å². The van der Waals surface area contributed by atoms with Crippen LogP contribution < -0.4 is 5.32 Å². The van der Waals surface area contributed by atoms with Crippen molar-refractivity contribution in [2.45, 2.75) is 12.5 Å². The fraction of sp³-hybridized carbons (Fsp3) is 0.300. The van der Waals surface area contributed by atoms with E-state index in [9.17, 15) is 9.90 Å². The third-order valence-electron chi connectivity index (χ3n) is 2.35. The summed E-state index contributed by atoms with van der Waals surface area (Å²) in [6.45, 7) is 0.300. The standard InChI is InChI=1S/C10H9Cl2NO3/c11-5-3-6(12)9(8(14)4-5)7-1-2-16-10(15)13-7/h3-4,7,14H,1-2H2,(H,13,15)/t7-/m1/s1. The molecule has 6 heteroatoms. The van der Waals surface area contributed by atoms with Crippen LogP contribution in [0.15, 0.2) is 12.1 Å². The van der Waals surface area contributed by atoms with Gasteiger partial charge in [0.15, 0.2) is 0 Å². The Morgan fingerprint density at radius 3 is 2.81 bits per heavy atom. The maximum Gasteiger partial charge on any atom is 0.407 e. The van der Waals surface area contributed by atoms with Gasteiger partial charge in [0.25, 0.3) is 0 Å². The van der Waals surface area contributed by atoms with Crippen LogP contribution in [0.5, 0.6) is 5.75 Å². The summed E-state index contributed by atoms with van der Waals surface area (Å²) in [5.74, 6) is -0.0234. The molecule has 1 aromatic rings. The van der Waals surface area contributed by atoms with Crippen molar-refractivity contribution in [3.05, 3.63) is 27.7 Å². The van der Waals surface area contributed by atoms with E-state index in [1.807, 2.05) is 0 Å². The Morgan fingerprint density at radius 2 is 2.19 bits per heavy atom. The average molecular weight is 262 g/mol. The Hall–Kier alpha value is -1.13. The summed E-state index contributed by atoms with van der Waals surface area (Å²) in [5.41, 5.74) is 0.475. The molecule has 1 heterocycles. The molecule has 0 aliphatic carbocycles. The Bertz CT molecular complexity index is 413. The monoisotopic (exact) mass is 261 g/mol. The van der Waals surface area contributed by atoms with Crippen LogP contribution in [0.4, 0.5) is 4.79 Å².